The van der Waals surface area contributed by atoms with E-state index in [4.69, 9.17) is 9.84 Å². The van der Waals surface area contributed by atoms with Crippen LogP contribution in [0.4, 0.5) is 0 Å². The first-order valence-electron chi connectivity index (χ1n) is 14.0. The zero-order chi connectivity index (χ0) is 28.4. The van der Waals surface area contributed by atoms with E-state index in [1.165, 1.54) is 21.8 Å². The number of aromatic nitrogens is 1. The summed E-state index contributed by atoms with van der Waals surface area (Å²) < 4.78 is 6.04. The molecule has 3 heterocycles. The number of nitrogens with one attached hydrogen (secondary N) is 1. The number of nitrogens with zero attached hydrogens (tertiary/aromatic N) is 1. The number of carbonyl (C=O) groups is 3. The lowest BCUT2D eigenvalue weighted by molar-refractivity contribution is -0.142. The number of carboxylic acid groups (broad SMARTS) is 1. The van der Waals surface area contributed by atoms with E-state index in [0.717, 1.165) is 33.2 Å². The lowest BCUT2D eigenvalue weighted by Gasteiger charge is -2.43. The molecule has 10 heteroatoms. The standard InChI is InChI=1S/C31H30N2O6S2/c1-15-4-6-16(7-5-15)14-39-18-10-8-17(9-11-18)22-23-19-13-20(26(23)40-28-27(22)41-31(38)32-28)25-24(19)29(36)33(30(25)37)12-2-3-21(34)35/h4-11,19-20,22-26H,2-3,12-14H2,1H3,(H,32,38)(H,34,35)/t19?,20?,22-,23?,24?,25?,26?/m1/s1. The maximum absolute atomic E-state index is 13.6. The van der Waals surface area contributed by atoms with Crippen LogP contribution in [-0.4, -0.2) is 44.6 Å². The number of hydrogen-bond donors (Lipinski definition) is 2. The van der Waals surface area contributed by atoms with Gasteiger partial charge in [-0.15, -0.1) is 11.8 Å². The third kappa shape index (κ3) is 4.43. The molecule has 2 aliphatic heterocycles. The van der Waals surface area contributed by atoms with Crippen LogP contribution in [0.1, 0.15) is 46.7 Å². The highest BCUT2D eigenvalue weighted by Gasteiger charge is 2.69. The summed E-state index contributed by atoms with van der Waals surface area (Å²) >= 11 is 2.91. The Morgan fingerprint density at radius 2 is 1.73 bits per heavy atom. The van der Waals surface area contributed by atoms with Crippen molar-refractivity contribution in [3.8, 4) is 5.75 Å². The van der Waals surface area contributed by atoms with Crippen molar-refractivity contribution in [2.75, 3.05) is 6.54 Å². The number of aryl methyl sites for hydroxylation is 1. The molecule has 7 atom stereocenters. The summed E-state index contributed by atoms with van der Waals surface area (Å²) in [5, 5.41) is 10.0. The highest BCUT2D eigenvalue weighted by molar-refractivity contribution is 8.00. The summed E-state index contributed by atoms with van der Waals surface area (Å²) in [4.78, 5) is 55.8. The van der Waals surface area contributed by atoms with Crippen molar-refractivity contribution in [2.24, 2.45) is 29.6 Å². The first kappa shape index (κ1) is 26.5. The third-order valence-corrected chi connectivity index (χ3v) is 11.9. The van der Waals surface area contributed by atoms with Gasteiger partial charge in [0.25, 0.3) is 0 Å². The molecular weight excluding hydrogens is 560 g/mol. The molecule has 2 N–H and O–H groups in total. The summed E-state index contributed by atoms with van der Waals surface area (Å²) in [5.41, 5.74) is 3.38. The zero-order valence-corrected chi connectivity index (χ0v) is 24.1. The minimum atomic E-state index is -0.929. The number of likely N-dealkylation sites (tertiary alicyclic amines) is 1. The van der Waals surface area contributed by atoms with Crippen LogP contribution in [0.2, 0.25) is 0 Å². The first-order chi connectivity index (χ1) is 19.8. The summed E-state index contributed by atoms with van der Waals surface area (Å²) in [6.45, 7) is 2.69. The van der Waals surface area contributed by atoms with Gasteiger partial charge in [0.05, 0.1) is 16.9 Å². The summed E-state index contributed by atoms with van der Waals surface area (Å²) in [6, 6.07) is 16.3. The Labute approximate surface area is 245 Å². The average Bonchev–Trinajstić information content (AvgIpc) is 3.68. The summed E-state index contributed by atoms with van der Waals surface area (Å²) in [6.07, 6.45) is 1.02. The highest BCUT2D eigenvalue weighted by atomic mass is 32.2. The van der Waals surface area contributed by atoms with Gasteiger partial charge < -0.3 is 14.8 Å². The number of aromatic amines is 1. The molecule has 1 saturated heterocycles. The predicted octanol–water partition coefficient (Wildman–Crippen LogP) is 4.66. The first-order valence-corrected chi connectivity index (χ1v) is 15.7. The Morgan fingerprint density at radius 1 is 1.02 bits per heavy atom. The van der Waals surface area contributed by atoms with E-state index >= 15 is 0 Å². The Balaban J connectivity index is 1.16. The molecule has 2 saturated carbocycles. The SMILES string of the molecule is Cc1ccc(COc2ccc([C@H]3c4sc(=O)[nH]c4SC4C5CC(C6C(=O)N(CCCC(=O)O)C(=O)C56)C43)cc2)cc1. The van der Waals surface area contributed by atoms with E-state index in [1.807, 2.05) is 12.1 Å². The Morgan fingerprint density at radius 3 is 2.44 bits per heavy atom. The zero-order valence-electron chi connectivity index (χ0n) is 22.4. The van der Waals surface area contributed by atoms with Crippen LogP contribution in [-0.2, 0) is 21.0 Å². The van der Waals surface area contributed by atoms with Crippen LogP contribution < -0.4 is 9.61 Å². The molecular formula is C31H30N2O6S2. The van der Waals surface area contributed by atoms with Crippen LogP contribution in [0.3, 0.4) is 0 Å². The molecule has 7 rings (SSSR count). The molecule has 0 spiro atoms. The topological polar surface area (TPSA) is 117 Å². The monoisotopic (exact) mass is 590 g/mol. The second-order valence-corrected chi connectivity index (χ2v) is 13.8. The van der Waals surface area contributed by atoms with Crippen LogP contribution in [0.5, 0.6) is 5.75 Å². The maximum Gasteiger partial charge on any atom is 0.305 e. The van der Waals surface area contributed by atoms with Gasteiger partial charge in [0, 0.05) is 29.0 Å². The van der Waals surface area contributed by atoms with E-state index < -0.39 is 5.97 Å². The maximum atomic E-state index is 13.6. The van der Waals surface area contributed by atoms with Crippen LogP contribution in [0.15, 0.2) is 58.4 Å². The lowest BCUT2D eigenvalue weighted by atomic mass is 9.68. The van der Waals surface area contributed by atoms with Crippen molar-refractivity contribution < 1.29 is 24.2 Å². The number of ether oxygens (including phenoxy) is 1. The molecule has 41 heavy (non-hydrogen) atoms. The second-order valence-electron chi connectivity index (χ2n) is 11.6. The van der Waals surface area contributed by atoms with E-state index in [9.17, 15) is 19.2 Å². The predicted molar refractivity (Wildman–Crippen MR) is 154 cm³/mol. The van der Waals surface area contributed by atoms with Gasteiger partial charge in [0.2, 0.25) is 11.8 Å². The summed E-state index contributed by atoms with van der Waals surface area (Å²) in [5.74, 6) is -1.00. The van der Waals surface area contributed by atoms with Crippen molar-refractivity contribution in [3.05, 3.63) is 79.8 Å². The number of rotatable bonds is 8. The molecule has 2 aliphatic carbocycles. The van der Waals surface area contributed by atoms with Crippen molar-refractivity contribution in [1.29, 1.82) is 0 Å². The number of hydrogen-bond acceptors (Lipinski definition) is 7. The van der Waals surface area contributed by atoms with Crippen LogP contribution in [0, 0.1) is 36.5 Å². The quantitative estimate of drug-likeness (QED) is 0.367. The molecule has 0 radical (unpaired) electrons. The van der Waals surface area contributed by atoms with Gasteiger partial charge in [0.1, 0.15) is 12.4 Å². The molecule has 6 unspecified atom stereocenters. The van der Waals surface area contributed by atoms with Gasteiger partial charge in [-0.25, -0.2) is 0 Å². The lowest BCUT2D eigenvalue weighted by Crippen LogP contribution is -2.42. The fourth-order valence-corrected chi connectivity index (χ4v) is 10.6. The van der Waals surface area contributed by atoms with Crippen molar-refractivity contribution in [1.82, 2.24) is 9.88 Å². The smallest absolute Gasteiger partial charge is 0.305 e. The number of imide groups is 1. The van der Waals surface area contributed by atoms with Gasteiger partial charge >= 0.3 is 10.8 Å². The number of carboxylic acids is 1. The largest absolute Gasteiger partial charge is 0.489 e. The van der Waals surface area contributed by atoms with Crippen LogP contribution >= 0.6 is 23.1 Å². The fraction of sp³-hybridized carbons (Fsp3) is 0.419. The van der Waals surface area contributed by atoms with Gasteiger partial charge in [-0.3, -0.25) is 24.1 Å². The number of thioether (sulfide) groups is 1. The van der Waals surface area contributed by atoms with E-state index in [2.05, 4.69) is 48.3 Å². The molecule has 3 fully saturated rings. The normalized spacial score (nSPS) is 29.4. The van der Waals surface area contributed by atoms with Crippen molar-refractivity contribution >= 4 is 40.9 Å². The van der Waals surface area contributed by atoms with Crippen molar-refractivity contribution in [2.45, 2.75) is 49.0 Å². The van der Waals surface area contributed by atoms with E-state index in [-0.39, 0.29) is 76.8 Å². The number of benzene rings is 2. The van der Waals surface area contributed by atoms with Gasteiger partial charge in [-0.05, 0) is 60.8 Å². The number of fused-ring (bicyclic) bond motifs is 9. The molecule has 212 valence electrons. The Hall–Kier alpha value is -3.37. The van der Waals surface area contributed by atoms with Gasteiger partial charge in [-0.1, -0.05) is 53.3 Å². The second kappa shape index (κ2) is 10.2. The number of carbonyl (C=O) groups excluding carboxylic acids is 2. The van der Waals surface area contributed by atoms with E-state index in [1.54, 1.807) is 11.8 Å². The minimum Gasteiger partial charge on any atom is -0.489 e. The van der Waals surface area contributed by atoms with Gasteiger partial charge in [-0.2, -0.15) is 0 Å². The number of thiazole rings is 1. The molecule has 3 aromatic rings. The number of aliphatic carboxylic acids is 1. The highest BCUT2D eigenvalue weighted by Crippen LogP contribution is 2.68. The van der Waals surface area contributed by atoms with Gasteiger partial charge in [0.15, 0.2) is 0 Å². The fourth-order valence-electron chi connectivity index (χ4n) is 7.68. The molecule has 1 aromatic heterocycles. The van der Waals surface area contributed by atoms with Crippen molar-refractivity contribution in [3.63, 3.8) is 0 Å². The minimum absolute atomic E-state index is 0.0382. The molecule has 2 bridgehead atoms. The third-order valence-electron chi connectivity index (χ3n) is 9.35. The Kier molecular flexibility index (Phi) is 6.58. The number of amides is 2. The Bertz CT molecular complexity index is 1580. The average molecular weight is 591 g/mol. The molecule has 8 nitrogen and oxygen atoms in total. The molecule has 2 amide bonds. The number of H-pyrrole nitrogens is 1. The molecule has 2 aromatic carbocycles. The molecule has 4 aliphatic rings. The van der Waals surface area contributed by atoms with E-state index in [0.29, 0.717) is 6.61 Å². The van der Waals surface area contributed by atoms with Crippen LogP contribution in [0.25, 0.3) is 0 Å². The summed E-state index contributed by atoms with van der Waals surface area (Å²) in [7, 11) is 0.